The number of hydrogen-bond acceptors (Lipinski definition) is 4. The zero-order valence-electron chi connectivity index (χ0n) is 14.0. The van der Waals surface area contributed by atoms with Crippen LogP contribution in [0.1, 0.15) is 23.2 Å². The minimum absolute atomic E-state index is 0.216. The third kappa shape index (κ3) is 4.09. The molecule has 2 N–H and O–H groups in total. The minimum Gasteiger partial charge on any atom is -0.494 e. The summed E-state index contributed by atoms with van der Waals surface area (Å²) in [6.07, 6.45) is 1.30. The number of carbonyl (C=O) groups is 1. The molecule has 1 aliphatic heterocycles. The van der Waals surface area contributed by atoms with Gasteiger partial charge < -0.3 is 20.1 Å². The van der Waals surface area contributed by atoms with E-state index in [2.05, 4.69) is 10.2 Å². The molecule has 0 aromatic heterocycles. The number of methoxy groups -OCH3 is 1. The summed E-state index contributed by atoms with van der Waals surface area (Å²) in [5.41, 5.74) is 1.96. The van der Waals surface area contributed by atoms with Gasteiger partial charge in [0.05, 0.1) is 18.9 Å². The lowest BCUT2D eigenvalue weighted by Crippen LogP contribution is -2.35. The van der Waals surface area contributed by atoms with Gasteiger partial charge in [-0.15, -0.1) is 0 Å². The standard InChI is InChI=1S/C19H21FN2O3/c1-25-18-12-14(20)4-7-17(18)21-19(24)13-2-5-15(6-3-13)22-10-8-16(23)9-11-22/h2-7,12,16,23H,8-11H2,1H3,(H,21,24). The maximum atomic E-state index is 13.2. The Bertz CT molecular complexity index is 741. The summed E-state index contributed by atoms with van der Waals surface area (Å²) in [4.78, 5) is 14.6. The first kappa shape index (κ1) is 17.2. The summed E-state index contributed by atoms with van der Waals surface area (Å²) >= 11 is 0. The van der Waals surface area contributed by atoms with E-state index in [-0.39, 0.29) is 17.8 Å². The van der Waals surface area contributed by atoms with E-state index in [0.29, 0.717) is 11.3 Å². The van der Waals surface area contributed by atoms with Crippen LogP contribution in [0, 0.1) is 5.82 Å². The van der Waals surface area contributed by atoms with E-state index in [9.17, 15) is 14.3 Å². The lowest BCUT2D eigenvalue weighted by Gasteiger charge is -2.31. The SMILES string of the molecule is COc1cc(F)ccc1NC(=O)c1ccc(N2CCC(O)CC2)cc1. The van der Waals surface area contributed by atoms with Crippen LogP contribution >= 0.6 is 0 Å². The smallest absolute Gasteiger partial charge is 0.255 e. The molecule has 132 valence electrons. The Kier molecular flexibility index (Phi) is 5.19. The second-order valence-electron chi connectivity index (χ2n) is 6.06. The number of aliphatic hydroxyl groups is 1. The highest BCUT2D eigenvalue weighted by Gasteiger charge is 2.17. The number of piperidine rings is 1. The van der Waals surface area contributed by atoms with Crippen molar-refractivity contribution in [1.29, 1.82) is 0 Å². The molecule has 2 aromatic carbocycles. The second kappa shape index (κ2) is 7.53. The van der Waals surface area contributed by atoms with Crippen LogP contribution in [0.15, 0.2) is 42.5 Å². The Morgan fingerprint density at radius 3 is 2.52 bits per heavy atom. The van der Waals surface area contributed by atoms with E-state index in [1.54, 1.807) is 12.1 Å². The van der Waals surface area contributed by atoms with Crippen molar-refractivity contribution in [3.05, 3.63) is 53.8 Å². The maximum Gasteiger partial charge on any atom is 0.255 e. The fourth-order valence-corrected chi connectivity index (χ4v) is 2.91. The Balaban J connectivity index is 1.69. The van der Waals surface area contributed by atoms with Crippen molar-refractivity contribution in [2.24, 2.45) is 0 Å². The fraction of sp³-hybridized carbons (Fsp3) is 0.316. The topological polar surface area (TPSA) is 61.8 Å². The van der Waals surface area contributed by atoms with Gasteiger partial charge in [0.2, 0.25) is 0 Å². The van der Waals surface area contributed by atoms with Crippen molar-refractivity contribution in [3.63, 3.8) is 0 Å². The number of amides is 1. The van der Waals surface area contributed by atoms with E-state index in [4.69, 9.17) is 4.74 Å². The third-order valence-electron chi connectivity index (χ3n) is 4.37. The first-order chi connectivity index (χ1) is 12.1. The molecule has 1 heterocycles. The highest BCUT2D eigenvalue weighted by Crippen LogP contribution is 2.26. The average Bonchev–Trinajstić information content (AvgIpc) is 2.64. The zero-order valence-corrected chi connectivity index (χ0v) is 14.0. The van der Waals surface area contributed by atoms with Crippen LogP contribution < -0.4 is 15.0 Å². The Morgan fingerprint density at radius 2 is 1.88 bits per heavy atom. The van der Waals surface area contributed by atoms with Crippen molar-refractivity contribution >= 4 is 17.3 Å². The molecule has 0 aliphatic carbocycles. The summed E-state index contributed by atoms with van der Waals surface area (Å²) < 4.78 is 18.3. The number of carbonyl (C=O) groups excluding carboxylic acids is 1. The number of ether oxygens (including phenoxy) is 1. The molecular weight excluding hydrogens is 323 g/mol. The van der Waals surface area contributed by atoms with Crippen molar-refractivity contribution in [3.8, 4) is 5.75 Å². The molecular formula is C19H21FN2O3. The largest absolute Gasteiger partial charge is 0.494 e. The normalized spacial score (nSPS) is 15.1. The molecule has 0 spiro atoms. The van der Waals surface area contributed by atoms with Crippen LogP contribution in [0.25, 0.3) is 0 Å². The summed E-state index contributed by atoms with van der Waals surface area (Å²) in [5.74, 6) is -0.437. The van der Waals surface area contributed by atoms with Crippen molar-refractivity contribution < 1.29 is 19.0 Å². The molecule has 1 aliphatic rings. The van der Waals surface area contributed by atoms with E-state index < -0.39 is 5.82 Å². The van der Waals surface area contributed by atoms with Gasteiger partial charge in [0.15, 0.2) is 0 Å². The molecule has 6 heteroatoms. The lowest BCUT2D eigenvalue weighted by atomic mass is 10.1. The van der Waals surface area contributed by atoms with E-state index >= 15 is 0 Å². The Morgan fingerprint density at radius 1 is 1.20 bits per heavy atom. The van der Waals surface area contributed by atoms with Crippen LogP contribution in [0.5, 0.6) is 5.75 Å². The quantitative estimate of drug-likeness (QED) is 0.895. The van der Waals surface area contributed by atoms with Gasteiger partial charge in [0, 0.05) is 30.4 Å². The molecule has 0 radical (unpaired) electrons. The number of nitrogens with zero attached hydrogens (tertiary/aromatic N) is 1. The van der Waals surface area contributed by atoms with Gasteiger partial charge in [0.25, 0.3) is 5.91 Å². The fourth-order valence-electron chi connectivity index (χ4n) is 2.91. The molecule has 0 unspecified atom stereocenters. The lowest BCUT2D eigenvalue weighted by molar-refractivity contribution is 0.102. The molecule has 1 fully saturated rings. The zero-order chi connectivity index (χ0) is 17.8. The first-order valence-electron chi connectivity index (χ1n) is 8.25. The van der Waals surface area contributed by atoms with Gasteiger partial charge in [0.1, 0.15) is 11.6 Å². The summed E-state index contributed by atoms with van der Waals surface area (Å²) in [6.45, 7) is 1.61. The summed E-state index contributed by atoms with van der Waals surface area (Å²) in [7, 11) is 1.43. The van der Waals surface area contributed by atoms with Crippen LogP contribution in [0.2, 0.25) is 0 Å². The van der Waals surface area contributed by atoms with E-state index in [1.807, 2.05) is 12.1 Å². The number of benzene rings is 2. The van der Waals surface area contributed by atoms with E-state index in [0.717, 1.165) is 31.6 Å². The molecule has 1 saturated heterocycles. The van der Waals surface area contributed by atoms with Gasteiger partial charge in [-0.2, -0.15) is 0 Å². The number of rotatable bonds is 4. The van der Waals surface area contributed by atoms with Crippen molar-refractivity contribution in [2.75, 3.05) is 30.4 Å². The average molecular weight is 344 g/mol. The number of aliphatic hydroxyl groups excluding tert-OH is 1. The minimum atomic E-state index is -0.425. The molecule has 3 rings (SSSR count). The second-order valence-corrected chi connectivity index (χ2v) is 6.06. The predicted octanol–water partition coefficient (Wildman–Crippen LogP) is 3.05. The number of nitrogens with one attached hydrogen (secondary N) is 1. The monoisotopic (exact) mass is 344 g/mol. The van der Waals surface area contributed by atoms with Crippen LogP contribution in [-0.4, -0.2) is 37.3 Å². The summed E-state index contributed by atoms with van der Waals surface area (Å²) in [5, 5.41) is 12.3. The molecule has 0 saturated carbocycles. The molecule has 2 aromatic rings. The first-order valence-corrected chi connectivity index (χ1v) is 8.25. The predicted molar refractivity (Wildman–Crippen MR) is 94.8 cm³/mol. The molecule has 1 amide bonds. The van der Waals surface area contributed by atoms with Gasteiger partial charge in [-0.3, -0.25) is 4.79 Å². The molecule has 5 nitrogen and oxygen atoms in total. The van der Waals surface area contributed by atoms with Gasteiger partial charge in [-0.25, -0.2) is 4.39 Å². The van der Waals surface area contributed by atoms with Crippen LogP contribution in [-0.2, 0) is 0 Å². The van der Waals surface area contributed by atoms with Gasteiger partial charge >= 0.3 is 0 Å². The van der Waals surface area contributed by atoms with Crippen LogP contribution in [0.4, 0.5) is 15.8 Å². The number of halogens is 1. The number of anilines is 2. The number of hydrogen-bond donors (Lipinski definition) is 2. The molecule has 0 bridgehead atoms. The third-order valence-corrected chi connectivity index (χ3v) is 4.37. The Hall–Kier alpha value is -2.60. The van der Waals surface area contributed by atoms with Crippen molar-refractivity contribution in [1.82, 2.24) is 0 Å². The molecule has 25 heavy (non-hydrogen) atoms. The maximum absolute atomic E-state index is 13.2. The highest BCUT2D eigenvalue weighted by molar-refractivity contribution is 6.05. The van der Waals surface area contributed by atoms with Crippen LogP contribution in [0.3, 0.4) is 0 Å². The van der Waals surface area contributed by atoms with Gasteiger partial charge in [-0.05, 0) is 49.2 Å². The van der Waals surface area contributed by atoms with Crippen molar-refractivity contribution in [2.45, 2.75) is 18.9 Å². The Labute approximate surface area is 146 Å². The molecule has 0 atom stereocenters. The highest BCUT2D eigenvalue weighted by atomic mass is 19.1. The van der Waals surface area contributed by atoms with E-state index in [1.165, 1.54) is 25.3 Å². The van der Waals surface area contributed by atoms with Gasteiger partial charge in [-0.1, -0.05) is 0 Å². The summed E-state index contributed by atoms with van der Waals surface area (Å²) in [6, 6.07) is 11.3.